The average Bonchev–Trinajstić information content (AvgIpc) is 3.15. The third kappa shape index (κ3) is 5.72. The molecule has 2 N–H and O–H groups in total. The van der Waals surface area contributed by atoms with E-state index in [0.717, 1.165) is 4.88 Å². The third-order valence-electron chi connectivity index (χ3n) is 5.13. The molecular weight excluding hydrogens is 434 g/mol. The number of amides is 2. The Morgan fingerprint density at radius 3 is 2.39 bits per heavy atom. The Hall–Kier alpha value is -2.23. The first-order valence-corrected chi connectivity index (χ1v) is 12.5. The topological polar surface area (TPSA) is 95.6 Å². The van der Waals surface area contributed by atoms with Gasteiger partial charge in [0.25, 0.3) is 10.0 Å². The van der Waals surface area contributed by atoms with E-state index < -0.39 is 21.4 Å². The molecular formula is C22H29N3O4S2. The van der Waals surface area contributed by atoms with Gasteiger partial charge in [0.05, 0.1) is 5.92 Å². The molecule has 1 unspecified atom stereocenters. The van der Waals surface area contributed by atoms with E-state index in [2.05, 4.69) is 10.6 Å². The number of benzene rings is 1. The number of aryl methyl sites for hydroxylation is 1. The van der Waals surface area contributed by atoms with Gasteiger partial charge >= 0.3 is 0 Å². The zero-order valence-electron chi connectivity index (χ0n) is 18.3. The summed E-state index contributed by atoms with van der Waals surface area (Å²) in [6.45, 7) is 7.92. The average molecular weight is 464 g/mol. The van der Waals surface area contributed by atoms with Gasteiger partial charge in [-0.1, -0.05) is 26.8 Å². The minimum atomic E-state index is -3.59. The smallest absolute Gasteiger partial charge is 0.252 e. The van der Waals surface area contributed by atoms with Gasteiger partial charge in [0.2, 0.25) is 11.8 Å². The van der Waals surface area contributed by atoms with Crippen molar-refractivity contribution in [2.24, 2.45) is 11.3 Å². The summed E-state index contributed by atoms with van der Waals surface area (Å²) in [5, 5.41) is 5.72. The van der Waals surface area contributed by atoms with E-state index >= 15 is 0 Å². The predicted octanol–water partition coefficient (Wildman–Crippen LogP) is 4.08. The van der Waals surface area contributed by atoms with Crippen LogP contribution in [0, 0.1) is 18.3 Å². The van der Waals surface area contributed by atoms with Gasteiger partial charge in [-0.3, -0.25) is 9.59 Å². The Balaban J connectivity index is 1.67. The number of carbonyl (C=O) groups is 2. The predicted molar refractivity (Wildman–Crippen MR) is 124 cm³/mol. The Kier molecular flexibility index (Phi) is 6.88. The highest BCUT2D eigenvalue weighted by atomic mass is 32.2. The van der Waals surface area contributed by atoms with Crippen molar-refractivity contribution in [3.05, 3.63) is 41.3 Å². The Morgan fingerprint density at radius 1 is 1.10 bits per heavy atom. The van der Waals surface area contributed by atoms with E-state index in [-0.39, 0.29) is 18.4 Å². The molecule has 1 aliphatic heterocycles. The van der Waals surface area contributed by atoms with Crippen LogP contribution >= 0.6 is 11.3 Å². The van der Waals surface area contributed by atoms with Crippen molar-refractivity contribution in [2.75, 3.05) is 23.7 Å². The molecule has 1 fully saturated rings. The maximum absolute atomic E-state index is 12.9. The van der Waals surface area contributed by atoms with Crippen molar-refractivity contribution in [2.45, 2.75) is 44.7 Å². The molecule has 9 heteroatoms. The molecule has 168 valence electrons. The summed E-state index contributed by atoms with van der Waals surface area (Å²) in [4.78, 5) is 26.0. The van der Waals surface area contributed by atoms with Crippen LogP contribution in [-0.2, 0) is 19.6 Å². The molecule has 1 aliphatic rings. The SMILES string of the molecule is Cc1ccc(S(=O)(=O)N2CCCC(C(=O)Nc3cccc(NC(=O)C(C)(C)C)c3)C2)s1. The van der Waals surface area contributed by atoms with Gasteiger partial charge in [0.1, 0.15) is 4.21 Å². The fourth-order valence-corrected chi connectivity index (χ4v) is 6.25. The van der Waals surface area contributed by atoms with Gasteiger partial charge in [0, 0.05) is 34.8 Å². The van der Waals surface area contributed by atoms with E-state index in [1.54, 1.807) is 36.4 Å². The molecule has 31 heavy (non-hydrogen) atoms. The molecule has 2 heterocycles. The summed E-state index contributed by atoms with van der Waals surface area (Å²) in [7, 11) is -3.59. The van der Waals surface area contributed by atoms with Crippen LogP contribution in [0.3, 0.4) is 0 Å². The van der Waals surface area contributed by atoms with E-state index in [4.69, 9.17) is 0 Å². The number of carbonyl (C=O) groups excluding carboxylic acids is 2. The normalized spacial score (nSPS) is 17.9. The van der Waals surface area contributed by atoms with E-state index in [1.165, 1.54) is 15.6 Å². The number of piperidine rings is 1. The molecule has 0 aliphatic carbocycles. The summed E-state index contributed by atoms with van der Waals surface area (Å²) in [5.41, 5.74) is 0.626. The molecule has 1 aromatic carbocycles. The quantitative estimate of drug-likeness (QED) is 0.698. The van der Waals surface area contributed by atoms with Crippen molar-refractivity contribution in [3.63, 3.8) is 0 Å². The molecule has 1 aromatic heterocycles. The lowest BCUT2D eigenvalue weighted by Gasteiger charge is -2.30. The van der Waals surface area contributed by atoms with Crippen molar-refractivity contribution in [1.29, 1.82) is 0 Å². The number of sulfonamides is 1. The van der Waals surface area contributed by atoms with Gasteiger partial charge in [-0.15, -0.1) is 11.3 Å². The van der Waals surface area contributed by atoms with Gasteiger partial charge in [0.15, 0.2) is 0 Å². The monoisotopic (exact) mass is 463 g/mol. The number of thiophene rings is 1. The lowest BCUT2D eigenvalue weighted by atomic mass is 9.95. The first-order chi connectivity index (χ1) is 14.5. The fourth-order valence-electron chi connectivity index (χ4n) is 3.29. The molecule has 0 radical (unpaired) electrons. The number of anilines is 2. The number of rotatable bonds is 5. The second kappa shape index (κ2) is 9.10. The summed E-state index contributed by atoms with van der Waals surface area (Å²) in [6.07, 6.45) is 1.26. The second-order valence-electron chi connectivity index (χ2n) is 8.84. The van der Waals surface area contributed by atoms with Crippen molar-refractivity contribution in [1.82, 2.24) is 4.31 Å². The molecule has 0 bridgehead atoms. The molecule has 7 nitrogen and oxygen atoms in total. The largest absolute Gasteiger partial charge is 0.326 e. The highest BCUT2D eigenvalue weighted by molar-refractivity contribution is 7.91. The van der Waals surface area contributed by atoms with E-state index in [9.17, 15) is 18.0 Å². The number of hydrogen-bond donors (Lipinski definition) is 2. The maximum Gasteiger partial charge on any atom is 0.252 e. The minimum Gasteiger partial charge on any atom is -0.326 e. The highest BCUT2D eigenvalue weighted by Crippen LogP contribution is 2.29. The summed E-state index contributed by atoms with van der Waals surface area (Å²) >= 11 is 1.24. The summed E-state index contributed by atoms with van der Waals surface area (Å²) < 4.78 is 27.6. The second-order valence-corrected chi connectivity index (χ2v) is 12.3. The number of nitrogens with one attached hydrogen (secondary N) is 2. The molecule has 2 amide bonds. The standard InChI is InChI=1S/C22H29N3O4S2/c1-15-10-11-19(30-15)31(28,29)25-12-6-7-16(14-25)20(26)23-17-8-5-9-18(13-17)24-21(27)22(2,3)4/h5,8-11,13,16H,6-7,12,14H2,1-4H3,(H,23,26)(H,24,27). The molecule has 2 aromatic rings. The Bertz CT molecular complexity index is 1070. The number of nitrogens with zero attached hydrogens (tertiary/aromatic N) is 1. The van der Waals surface area contributed by atoms with Crippen LogP contribution < -0.4 is 10.6 Å². The molecule has 3 rings (SSSR count). The molecule has 1 saturated heterocycles. The highest BCUT2D eigenvalue weighted by Gasteiger charge is 2.34. The van der Waals surface area contributed by atoms with Crippen molar-refractivity contribution < 1.29 is 18.0 Å². The van der Waals surface area contributed by atoms with Crippen LogP contribution in [0.4, 0.5) is 11.4 Å². The zero-order valence-corrected chi connectivity index (χ0v) is 19.9. The van der Waals surface area contributed by atoms with E-state index in [0.29, 0.717) is 35.0 Å². The molecule has 0 saturated carbocycles. The van der Waals surface area contributed by atoms with Gasteiger partial charge in [-0.05, 0) is 50.1 Å². The van der Waals surface area contributed by atoms with Gasteiger partial charge < -0.3 is 10.6 Å². The molecule has 0 spiro atoms. The molecule has 1 atom stereocenters. The fraction of sp³-hybridized carbons (Fsp3) is 0.455. The van der Waals surface area contributed by atoms with Gasteiger partial charge in [-0.2, -0.15) is 4.31 Å². The minimum absolute atomic E-state index is 0.118. The van der Waals surface area contributed by atoms with Crippen LogP contribution in [0.15, 0.2) is 40.6 Å². The first-order valence-electron chi connectivity index (χ1n) is 10.3. The van der Waals surface area contributed by atoms with Crippen molar-refractivity contribution >= 4 is 44.5 Å². The Labute approximate surface area is 187 Å². The van der Waals surface area contributed by atoms with Crippen LogP contribution in [0.25, 0.3) is 0 Å². The van der Waals surface area contributed by atoms with Crippen LogP contribution in [-0.4, -0.2) is 37.6 Å². The zero-order chi connectivity index (χ0) is 22.8. The summed E-state index contributed by atoms with van der Waals surface area (Å²) in [6, 6.07) is 10.4. The van der Waals surface area contributed by atoms with Gasteiger partial charge in [-0.25, -0.2) is 8.42 Å². The van der Waals surface area contributed by atoms with Crippen LogP contribution in [0.2, 0.25) is 0 Å². The first kappa shape index (κ1) is 23.4. The summed E-state index contributed by atoms with van der Waals surface area (Å²) in [5.74, 6) is -0.771. The maximum atomic E-state index is 12.9. The lowest BCUT2D eigenvalue weighted by molar-refractivity contribution is -0.123. The number of hydrogen-bond acceptors (Lipinski definition) is 5. The Morgan fingerprint density at radius 2 is 1.77 bits per heavy atom. The van der Waals surface area contributed by atoms with Crippen LogP contribution in [0.5, 0.6) is 0 Å². The van der Waals surface area contributed by atoms with Crippen molar-refractivity contribution in [3.8, 4) is 0 Å². The van der Waals surface area contributed by atoms with E-state index in [1.807, 2.05) is 27.7 Å². The third-order valence-corrected chi connectivity index (χ3v) is 8.47. The lowest BCUT2D eigenvalue weighted by Crippen LogP contribution is -2.43. The van der Waals surface area contributed by atoms with Crippen LogP contribution in [0.1, 0.15) is 38.5 Å².